The Morgan fingerprint density at radius 2 is 2.14 bits per heavy atom. The minimum absolute atomic E-state index is 0.0129. The van der Waals surface area contributed by atoms with Crippen LogP contribution in [0.5, 0.6) is 5.75 Å². The third-order valence-corrected chi connectivity index (χ3v) is 4.01. The fraction of sp³-hybridized carbons (Fsp3) is 0.588. The first-order chi connectivity index (χ1) is 10.7. The minimum Gasteiger partial charge on any atom is -0.491 e. The zero-order chi connectivity index (χ0) is 15.8. The third kappa shape index (κ3) is 4.63. The van der Waals surface area contributed by atoms with Crippen LogP contribution in [0.1, 0.15) is 31.7 Å². The van der Waals surface area contributed by atoms with E-state index >= 15 is 0 Å². The SMILES string of the molecule is COCCOc1ccccc1CNC(=O)N1CCCC[C@@H]1C. The van der Waals surface area contributed by atoms with Gasteiger partial charge in [-0.15, -0.1) is 0 Å². The number of para-hydroxylation sites is 1. The summed E-state index contributed by atoms with van der Waals surface area (Å²) in [4.78, 5) is 14.2. The van der Waals surface area contributed by atoms with Gasteiger partial charge in [0.25, 0.3) is 0 Å². The van der Waals surface area contributed by atoms with Gasteiger partial charge < -0.3 is 19.7 Å². The molecule has 1 aromatic rings. The van der Waals surface area contributed by atoms with Crippen molar-refractivity contribution in [3.63, 3.8) is 0 Å². The van der Waals surface area contributed by atoms with Gasteiger partial charge in [0.2, 0.25) is 0 Å². The van der Waals surface area contributed by atoms with Crippen LogP contribution >= 0.6 is 0 Å². The highest BCUT2D eigenvalue weighted by Crippen LogP contribution is 2.19. The molecule has 1 N–H and O–H groups in total. The zero-order valence-corrected chi connectivity index (χ0v) is 13.5. The van der Waals surface area contributed by atoms with Crippen LogP contribution in [0.25, 0.3) is 0 Å². The van der Waals surface area contributed by atoms with Crippen LogP contribution in [-0.2, 0) is 11.3 Å². The second-order valence-electron chi connectivity index (χ2n) is 5.65. The molecule has 2 rings (SSSR count). The Kier molecular flexibility index (Phi) is 6.52. The standard InChI is InChI=1S/C17H26N2O3/c1-14-7-5-6-10-19(14)17(20)18-13-15-8-3-4-9-16(15)22-12-11-21-2/h3-4,8-9,14H,5-7,10-13H2,1-2H3,(H,18,20)/t14-/m0/s1. The van der Waals surface area contributed by atoms with E-state index in [0.29, 0.717) is 25.8 Å². The highest BCUT2D eigenvalue weighted by Gasteiger charge is 2.22. The molecule has 0 unspecified atom stereocenters. The molecule has 1 heterocycles. The number of carbonyl (C=O) groups is 1. The number of ether oxygens (including phenoxy) is 2. The summed E-state index contributed by atoms with van der Waals surface area (Å²) in [6, 6.07) is 8.11. The van der Waals surface area contributed by atoms with E-state index in [-0.39, 0.29) is 6.03 Å². The maximum absolute atomic E-state index is 12.3. The molecular formula is C17H26N2O3. The number of hydrogen-bond donors (Lipinski definition) is 1. The van der Waals surface area contributed by atoms with Crippen molar-refractivity contribution in [3.8, 4) is 5.75 Å². The van der Waals surface area contributed by atoms with Gasteiger partial charge in [0.05, 0.1) is 6.61 Å². The zero-order valence-electron chi connectivity index (χ0n) is 13.5. The first-order valence-corrected chi connectivity index (χ1v) is 7.96. The van der Waals surface area contributed by atoms with Crippen LogP contribution in [-0.4, -0.2) is 43.8 Å². The monoisotopic (exact) mass is 306 g/mol. The number of benzene rings is 1. The van der Waals surface area contributed by atoms with Gasteiger partial charge in [0.1, 0.15) is 12.4 Å². The van der Waals surface area contributed by atoms with E-state index in [1.807, 2.05) is 29.2 Å². The lowest BCUT2D eigenvalue weighted by atomic mass is 10.0. The molecule has 0 saturated carbocycles. The van der Waals surface area contributed by atoms with E-state index in [1.165, 1.54) is 6.42 Å². The molecule has 5 nitrogen and oxygen atoms in total. The molecule has 22 heavy (non-hydrogen) atoms. The number of carbonyl (C=O) groups excluding carboxylic acids is 1. The summed E-state index contributed by atoms with van der Waals surface area (Å²) in [5.41, 5.74) is 0.983. The Labute approximate surface area is 132 Å². The Hall–Kier alpha value is -1.75. The van der Waals surface area contributed by atoms with Gasteiger partial charge in [-0.1, -0.05) is 18.2 Å². The topological polar surface area (TPSA) is 50.8 Å². The van der Waals surface area contributed by atoms with Crippen molar-refractivity contribution in [1.82, 2.24) is 10.2 Å². The Morgan fingerprint density at radius 3 is 2.91 bits per heavy atom. The molecule has 1 saturated heterocycles. The minimum atomic E-state index is 0.0129. The lowest BCUT2D eigenvalue weighted by Gasteiger charge is -2.33. The van der Waals surface area contributed by atoms with Gasteiger partial charge in [0, 0.05) is 31.8 Å². The van der Waals surface area contributed by atoms with E-state index < -0.39 is 0 Å². The Balaban J connectivity index is 1.89. The summed E-state index contributed by atoms with van der Waals surface area (Å²) < 4.78 is 10.7. The predicted octanol–water partition coefficient (Wildman–Crippen LogP) is 2.80. The summed E-state index contributed by atoms with van der Waals surface area (Å²) in [7, 11) is 1.65. The van der Waals surface area contributed by atoms with Crippen molar-refractivity contribution in [2.24, 2.45) is 0 Å². The molecular weight excluding hydrogens is 280 g/mol. The van der Waals surface area contributed by atoms with Crippen LogP contribution in [0.2, 0.25) is 0 Å². The van der Waals surface area contributed by atoms with Gasteiger partial charge in [0.15, 0.2) is 0 Å². The number of amides is 2. The summed E-state index contributed by atoms with van der Waals surface area (Å²) in [6.45, 7) is 4.49. The number of likely N-dealkylation sites (tertiary alicyclic amines) is 1. The van der Waals surface area contributed by atoms with Crippen LogP contribution in [0.4, 0.5) is 4.79 Å². The first-order valence-electron chi connectivity index (χ1n) is 7.96. The quantitative estimate of drug-likeness (QED) is 0.822. The van der Waals surface area contributed by atoms with Crippen molar-refractivity contribution < 1.29 is 14.3 Å². The number of hydrogen-bond acceptors (Lipinski definition) is 3. The average Bonchev–Trinajstić information content (AvgIpc) is 2.54. The molecule has 1 aliphatic heterocycles. The van der Waals surface area contributed by atoms with Crippen molar-refractivity contribution >= 4 is 6.03 Å². The van der Waals surface area contributed by atoms with Gasteiger partial charge in [-0.2, -0.15) is 0 Å². The lowest BCUT2D eigenvalue weighted by molar-refractivity contribution is 0.145. The molecule has 122 valence electrons. The number of urea groups is 1. The number of methoxy groups -OCH3 is 1. The number of nitrogens with zero attached hydrogens (tertiary/aromatic N) is 1. The fourth-order valence-corrected chi connectivity index (χ4v) is 2.70. The van der Waals surface area contributed by atoms with E-state index in [1.54, 1.807) is 7.11 Å². The normalized spacial score (nSPS) is 18.1. The average molecular weight is 306 g/mol. The summed E-state index contributed by atoms with van der Waals surface area (Å²) >= 11 is 0. The van der Waals surface area contributed by atoms with E-state index in [0.717, 1.165) is 30.7 Å². The maximum Gasteiger partial charge on any atom is 0.317 e. The summed E-state index contributed by atoms with van der Waals surface area (Å²) in [5, 5.41) is 3.01. The van der Waals surface area contributed by atoms with Crippen LogP contribution < -0.4 is 10.1 Å². The molecule has 0 radical (unpaired) electrons. The largest absolute Gasteiger partial charge is 0.491 e. The predicted molar refractivity (Wildman–Crippen MR) is 86.1 cm³/mol. The summed E-state index contributed by atoms with van der Waals surface area (Å²) in [6.07, 6.45) is 3.39. The maximum atomic E-state index is 12.3. The molecule has 5 heteroatoms. The van der Waals surface area contributed by atoms with Crippen molar-refractivity contribution in [1.29, 1.82) is 0 Å². The van der Waals surface area contributed by atoms with E-state index in [9.17, 15) is 4.79 Å². The molecule has 1 aromatic carbocycles. The second-order valence-corrected chi connectivity index (χ2v) is 5.65. The number of nitrogens with one attached hydrogen (secondary N) is 1. The molecule has 0 bridgehead atoms. The van der Waals surface area contributed by atoms with Crippen LogP contribution in [0.15, 0.2) is 24.3 Å². The van der Waals surface area contributed by atoms with Crippen molar-refractivity contribution in [2.75, 3.05) is 26.9 Å². The van der Waals surface area contributed by atoms with E-state index in [2.05, 4.69) is 12.2 Å². The van der Waals surface area contributed by atoms with Gasteiger partial charge >= 0.3 is 6.03 Å². The number of rotatable bonds is 6. The van der Waals surface area contributed by atoms with Gasteiger partial charge in [-0.05, 0) is 32.3 Å². The smallest absolute Gasteiger partial charge is 0.317 e. The number of piperidine rings is 1. The summed E-state index contributed by atoms with van der Waals surface area (Å²) in [5.74, 6) is 0.798. The molecule has 0 spiro atoms. The van der Waals surface area contributed by atoms with Crippen molar-refractivity contribution in [3.05, 3.63) is 29.8 Å². The third-order valence-electron chi connectivity index (χ3n) is 4.01. The molecule has 1 aliphatic rings. The first kappa shape index (κ1) is 16.6. The molecule has 1 fully saturated rings. The van der Waals surface area contributed by atoms with E-state index in [4.69, 9.17) is 9.47 Å². The lowest BCUT2D eigenvalue weighted by Crippen LogP contribution is -2.47. The van der Waals surface area contributed by atoms with Crippen molar-refractivity contribution in [2.45, 2.75) is 38.8 Å². The Morgan fingerprint density at radius 1 is 1.32 bits per heavy atom. The second kappa shape index (κ2) is 8.63. The van der Waals surface area contributed by atoms with Gasteiger partial charge in [-0.25, -0.2) is 4.79 Å². The van der Waals surface area contributed by atoms with Crippen LogP contribution in [0.3, 0.4) is 0 Å². The highest BCUT2D eigenvalue weighted by atomic mass is 16.5. The van der Waals surface area contributed by atoms with Crippen LogP contribution in [0, 0.1) is 0 Å². The highest BCUT2D eigenvalue weighted by molar-refractivity contribution is 5.74. The Bertz CT molecular complexity index is 479. The molecule has 1 atom stereocenters. The van der Waals surface area contributed by atoms with Gasteiger partial charge in [-0.3, -0.25) is 0 Å². The fourth-order valence-electron chi connectivity index (χ4n) is 2.70. The molecule has 0 aliphatic carbocycles. The molecule has 0 aromatic heterocycles. The molecule has 2 amide bonds.